The zero-order valence-electron chi connectivity index (χ0n) is 18.8. The van der Waals surface area contributed by atoms with Crippen LogP contribution in [0.2, 0.25) is 5.02 Å². The third kappa shape index (κ3) is 5.09. The van der Waals surface area contributed by atoms with E-state index in [0.717, 1.165) is 42.0 Å². The van der Waals surface area contributed by atoms with Gasteiger partial charge in [-0.05, 0) is 72.3 Å². The van der Waals surface area contributed by atoms with Gasteiger partial charge < -0.3 is 19.8 Å². The van der Waals surface area contributed by atoms with Gasteiger partial charge in [-0.25, -0.2) is 9.18 Å². The molecule has 1 unspecified atom stereocenters. The van der Waals surface area contributed by atoms with Crippen LogP contribution in [0.1, 0.15) is 30.0 Å². The van der Waals surface area contributed by atoms with E-state index in [9.17, 15) is 14.0 Å². The maximum atomic E-state index is 15.0. The van der Waals surface area contributed by atoms with Crippen molar-refractivity contribution in [3.8, 4) is 0 Å². The number of carbonyl (C=O) groups is 2. The van der Waals surface area contributed by atoms with Gasteiger partial charge in [0.1, 0.15) is 11.9 Å². The Morgan fingerprint density at radius 1 is 1.00 bits per heavy atom. The van der Waals surface area contributed by atoms with Gasteiger partial charge in [-0.1, -0.05) is 35.9 Å². The van der Waals surface area contributed by atoms with Gasteiger partial charge in [0, 0.05) is 35.6 Å². The molecule has 0 aromatic heterocycles. The van der Waals surface area contributed by atoms with E-state index in [0.29, 0.717) is 10.7 Å². The summed E-state index contributed by atoms with van der Waals surface area (Å²) >= 11 is 7.62. The third-order valence-corrected chi connectivity index (χ3v) is 7.54. The monoisotopic (exact) mass is 510 g/mol. The second-order valence-electron chi connectivity index (χ2n) is 8.46. The molecule has 1 fully saturated rings. The Balaban J connectivity index is 1.36. The summed E-state index contributed by atoms with van der Waals surface area (Å²) in [7, 11) is 0. The van der Waals surface area contributed by atoms with Crippen LogP contribution in [-0.4, -0.2) is 29.1 Å². The molecule has 3 aromatic carbocycles. The number of amides is 3. The SMILES string of the molecule is O=C(Nc1ccc(N2CCCCS2)cc1F)C1c2ccccc2CN1C(=O)Nc1ccc(Cl)cc1. The van der Waals surface area contributed by atoms with Crippen molar-refractivity contribution in [1.29, 1.82) is 0 Å². The van der Waals surface area contributed by atoms with Crippen molar-refractivity contribution in [1.82, 2.24) is 4.90 Å². The Kier molecular flexibility index (Phi) is 6.83. The van der Waals surface area contributed by atoms with Gasteiger partial charge in [0.25, 0.3) is 5.91 Å². The van der Waals surface area contributed by atoms with Crippen molar-refractivity contribution < 1.29 is 14.0 Å². The molecule has 180 valence electrons. The molecule has 0 bridgehead atoms. The summed E-state index contributed by atoms with van der Waals surface area (Å²) in [5.74, 6) is 0.0282. The van der Waals surface area contributed by atoms with E-state index in [1.165, 1.54) is 11.0 Å². The summed E-state index contributed by atoms with van der Waals surface area (Å²) in [5.41, 5.74) is 3.02. The number of nitrogens with one attached hydrogen (secondary N) is 2. The van der Waals surface area contributed by atoms with E-state index >= 15 is 0 Å². The van der Waals surface area contributed by atoms with E-state index in [-0.39, 0.29) is 12.2 Å². The van der Waals surface area contributed by atoms with Crippen LogP contribution >= 0.6 is 23.5 Å². The molecule has 6 nitrogen and oxygen atoms in total. The van der Waals surface area contributed by atoms with Crippen molar-refractivity contribution in [2.24, 2.45) is 0 Å². The normalized spacial score (nSPS) is 17.1. The maximum Gasteiger partial charge on any atom is 0.323 e. The van der Waals surface area contributed by atoms with Crippen molar-refractivity contribution in [3.05, 3.63) is 88.7 Å². The van der Waals surface area contributed by atoms with Crippen molar-refractivity contribution in [2.75, 3.05) is 27.2 Å². The Bertz CT molecular complexity index is 1250. The average Bonchev–Trinajstić information content (AvgIpc) is 3.27. The van der Waals surface area contributed by atoms with Crippen LogP contribution in [0.25, 0.3) is 0 Å². The van der Waals surface area contributed by atoms with Crippen LogP contribution in [0.5, 0.6) is 0 Å². The first-order chi connectivity index (χ1) is 17.0. The fourth-order valence-electron chi connectivity index (χ4n) is 4.35. The molecule has 2 N–H and O–H groups in total. The summed E-state index contributed by atoms with van der Waals surface area (Å²) in [6, 6.07) is 17.6. The second-order valence-corrected chi connectivity index (χ2v) is 10.0. The molecular formula is C26H24ClFN4O2S. The number of hydrogen-bond donors (Lipinski definition) is 2. The molecule has 5 rings (SSSR count). The lowest BCUT2D eigenvalue weighted by Gasteiger charge is -2.28. The van der Waals surface area contributed by atoms with Crippen LogP contribution in [0.15, 0.2) is 66.7 Å². The topological polar surface area (TPSA) is 64.7 Å². The lowest BCUT2D eigenvalue weighted by molar-refractivity contribution is -0.120. The number of halogens is 2. The highest BCUT2D eigenvalue weighted by Gasteiger charge is 2.38. The molecule has 3 aromatic rings. The zero-order valence-corrected chi connectivity index (χ0v) is 20.4. The number of hydrogen-bond acceptors (Lipinski definition) is 4. The van der Waals surface area contributed by atoms with E-state index in [1.807, 2.05) is 30.3 Å². The van der Waals surface area contributed by atoms with Gasteiger partial charge in [0.05, 0.1) is 11.4 Å². The maximum absolute atomic E-state index is 15.0. The molecule has 1 saturated heterocycles. The molecule has 1 atom stereocenters. The smallest absolute Gasteiger partial charge is 0.321 e. The minimum Gasteiger partial charge on any atom is -0.321 e. The number of rotatable bonds is 4. The first-order valence-electron chi connectivity index (χ1n) is 11.4. The molecule has 0 aliphatic carbocycles. The first kappa shape index (κ1) is 23.5. The molecule has 2 heterocycles. The van der Waals surface area contributed by atoms with Gasteiger partial charge in [-0.3, -0.25) is 4.79 Å². The van der Waals surface area contributed by atoms with Gasteiger partial charge >= 0.3 is 6.03 Å². The second kappa shape index (κ2) is 10.2. The first-order valence-corrected chi connectivity index (χ1v) is 12.7. The Hall–Kier alpha value is -3.23. The molecule has 35 heavy (non-hydrogen) atoms. The third-order valence-electron chi connectivity index (χ3n) is 6.11. The molecule has 0 spiro atoms. The van der Waals surface area contributed by atoms with Crippen LogP contribution in [0.4, 0.5) is 26.2 Å². The minimum atomic E-state index is -0.893. The molecule has 0 radical (unpaired) electrons. The molecule has 3 amide bonds. The fourth-order valence-corrected chi connectivity index (χ4v) is 5.55. The standard InChI is InChI=1S/C26H24ClFN4O2S/c27-18-7-9-19(10-8-18)29-26(34)31-16-17-5-1-2-6-21(17)24(31)25(33)30-23-12-11-20(15-22(23)28)32-13-3-4-14-35-32/h1-2,5-12,15,24H,3-4,13-14,16H2,(H,29,34)(H,30,33). The molecule has 0 saturated carbocycles. The summed E-state index contributed by atoms with van der Waals surface area (Å²) in [4.78, 5) is 28.0. The van der Waals surface area contributed by atoms with Gasteiger partial charge in [0.2, 0.25) is 0 Å². The average molecular weight is 511 g/mol. The number of nitrogens with zero attached hydrogens (tertiary/aromatic N) is 2. The van der Waals surface area contributed by atoms with E-state index in [1.54, 1.807) is 42.3 Å². The highest BCUT2D eigenvalue weighted by atomic mass is 35.5. The summed E-state index contributed by atoms with van der Waals surface area (Å²) in [6.07, 6.45) is 2.23. The molecule has 9 heteroatoms. The van der Waals surface area contributed by atoms with Gasteiger partial charge in [0.15, 0.2) is 0 Å². The molecule has 2 aliphatic heterocycles. The number of carbonyl (C=O) groups excluding carboxylic acids is 2. The quantitative estimate of drug-likeness (QED) is 0.396. The van der Waals surface area contributed by atoms with E-state index in [2.05, 4.69) is 14.9 Å². The largest absolute Gasteiger partial charge is 0.323 e. The summed E-state index contributed by atoms with van der Waals surface area (Å²) in [6.45, 7) is 1.13. The number of anilines is 3. The van der Waals surface area contributed by atoms with E-state index < -0.39 is 23.8 Å². The molecular weight excluding hydrogens is 487 g/mol. The van der Waals surface area contributed by atoms with Crippen molar-refractivity contribution >= 4 is 52.5 Å². The zero-order chi connectivity index (χ0) is 24.4. The Morgan fingerprint density at radius 2 is 1.80 bits per heavy atom. The van der Waals surface area contributed by atoms with Crippen molar-refractivity contribution in [2.45, 2.75) is 25.4 Å². The van der Waals surface area contributed by atoms with E-state index in [4.69, 9.17) is 11.6 Å². The predicted molar refractivity (Wildman–Crippen MR) is 139 cm³/mol. The highest BCUT2D eigenvalue weighted by Crippen LogP contribution is 2.36. The number of urea groups is 1. The van der Waals surface area contributed by atoms with Crippen LogP contribution in [0.3, 0.4) is 0 Å². The summed E-state index contributed by atoms with van der Waals surface area (Å²) in [5, 5.41) is 6.07. The van der Waals surface area contributed by atoms with Crippen LogP contribution < -0.4 is 14.9 Å². The highest BCUT2D eigenvalue weighted by molar-refractivity contribution is 8.00. The predicted octanol–water partition coefficient (Wildman–Crippen LogP) is 6.46. The number of benzene rings is 3. The lowest BCUT2D eigenvalue weighted by atomic mass is 10.0. The minimum absolute atomic E-state index is 0.0863. The molecule has 2 aliphatic rings. The van der Waals surface area contributed by atoms with Crippen molar-refractivity contribution in [3.63, 3.8) is 0 Å². The van der Waals surface area contributed by atoms with Crippen LogP contribution in [-0.2, 0) is 11.3 Å². The Labute approximate surface area is 212 Å². The Morgan fingerprint density at radius 3 is 2.54 bits per heavy atom. The lowest BCUT2D eigenvalue weighted by Crippen LogP contribution is -2.39. The fraction of sp³-hybridized carbons (Fsp3) is 0.231. The summed E-state index contributed by atoms with van der Waals surface area (Å²) < 4.78 is 17.0. The van der Waals surface area contributed by atoms with Crippen LogP contribution in [0, 0.1) is 5.82 Å². The number of fused-ring (bicyclic) bond motifs is 1. The van der Waals surface area contributed by atoms with Gasteiger partial charge in [-0.15, -0.1) is 0 Å². The van der Waals surface area contributed by atoms with Gasteiger partial charge in [-0.2, -0.15) is 0 Å².